The molecule has 0 saturated heterocycles. The van der Waals surface area contributed by atoms with E-state index in [-0.39, 0.29) is 36.7 Å². The summed E-state index contributed by atoms with van der Waals surface area (Å²) in [6.07, 6.45) is -2.58. The third-order valence-electron chi connectivity index (χ3n) is 6.45. The van der Waals surface area contributed by atoms with Crippen LogP contribution in [0.1, 0.15) is 52.6 Å². The van der Waals surface area contributed by atoms with E-state index in [1.54, 1.807) is 33.2 Å². The molecule has 198 valence electrons. The number of benzene rings is 1. The van der Waals surface area contributed by atoms with Gasteiger partial charge in [0.2, 0.25) is 5.95 Å². The van der Waals surface area contributed by atoms with Crippen LogP contribution in [0.2, 0.25) is 0 Å². The molecule has 3 aromatic rings. The average molecular weight is 526 g/mol. The number of pyridine rings is 1. The van der Waals surface area contributed by atoms with E-state index in [1.165, 1.54) is 32.2 Å². The number of carbonyl (C=O) groups is 1. The van der Waals surface area contributed by atoms with Gasteiger partial charge in [0.15, 0.2) is 0 Å². The summed E-state index contributed by atoms with van der Waals surface area (Å²) in [7, 11) is 1.56. The fraction of sp³-hybridized carbons (Fsp3) is 0.333. The van der Waals surface area contributed by atoms with Crippen LogP contribution in [-0.2, 0) is 32.7 Å². The third-order valence-corrected chi connectivity index (χ3v) is 6.45. The summed E-state index contributed by atoms with van der Waals surface area (Å²) < 4.78 is 41.5. The SMILES string of the molecule is CC#CCn1c(NC(C)c2ccc(C(F)(F)F)cc2)nc2c(c1=O)CN(C(=O)c1cccn(C)c1=O)CC2. The molecule has 1 aromatic carbocycles. The van der Waals surface area contributed by atoms with E-state index in [1.807, 2.05) is 0 Å². The summed E-state index contributed by atoms with van der Waals surface area (Å²) in [5.74, 6) is 5.36. The summed E-state index contributed by atoms with van der Waals surface area (Å²) >= 11 is 0. The lowest BCUT2D eigenvalue weighted by atomic mass is 10.0. The molecule has 1 aliphatic rings. The number of anilines is 1. The van der Waals surface area contributed by atoms with Gasteiger partial charge in [0.05, 0.1) is 36.0 Å². The smallest absolute Gasteiger partial charge is 0.349 e. The summed E-state index contributed by atoms with van der Waals surface area (Å²) in [5, 5.41) is 3.14. The highest BCUT2D eigenvalue weighted by Crippen LogP contribution is 2.30. The first-order valence-corrected chi connectivity index (χ1v) is 11.9. The summed E-state index contributed by atoms with van der Waals surface area (Å²) in [6, 6.07) is 7.39. The summed E-state index contributed by atoms with van der Waals surface area (Å²) in [4.78, 5) is 45.1. The second kappa shape index (κ2) is 10.6. The van der Waals surface area contributed by atoms with Crippen LogP contribution >= 0.6 is 0 Å². The standard InChI is InChI=1S/C27H26F3N5O3/c1-4-5-14-35-25(38)21-16-34(24(37)20-7-6-13-33(3)23(20)36)15-12-22(21)32-26(35)31-17(2)18-8-10-19(11-9-18)27(28,29)30/h6-11,13,17H,12,14-16H2,1-3H3,(H,31,32). The van der Waals surface area contributed by atoms with Crippen LogP contribution in [0.15, 0.2) is 52.2 Å². The molecule has 1 amide bonds. The minimum Gasteiger partial charge on any atom is -0.349 e. The predicted molar refractivity (Wildman–Crippen MR) is 136 cm³/mol. The monoisotopic (exact) mass is 525 g/mol. The Kier molecular flexibility index (Phi) is 7.44. The molecule has 0 aliphatic carbocycles. The minimum absolute atomic E-state index is 0.00760. The first kappa shape index (κ1) is 26.7. The number of nitrogens with zero attached hydrogens (tertiary/aromatic N) is 4. The first-order valence-electron chi connectivity index (χ1n) is 11.9. The highest BCUT2D eigenvalue weighted by molar-refractivity contribution is 5.94. The van der Waals surface area contributed by atoms with E-state index in [2.05, 4.69) is 22.1 Å². The molecule has 4 rings (SSSR count). The molecule has 0 spiro atoms. The predicted octanol–water partition coefficient (Wildman–Crippen LogP) is 3.36. The Labute approximate surface area is 216 Å². The van der Waals surface area contributed by atoms with E-state index < -0.39 is 29.2 Å². The molecule has 0 bridgehead atoms. The van der Waals surface area contributed by atoms with Crippen molar-refractivity contribution in [1.82, 2.24) is 19.0 Å². The molecule has 1 aliphatic heterocycles. The van der Waals surface area contributed by atoms with Gasteiger partial charge in [0.1, 0.15) is 5.56 Å². The van der Waals surface area contributed by atoms with Gasteiger partial charge in [-0.25, -0.2) is 4.98 Å². The largest absolute Gasteiger partial charge is 0.416 e. The third kappa shape index (κ3) is 5.34. The zero-order valence-electron chi connectivity index (χ0n) is 21.1. The summed E-state index contributed by atoms with van der Waals surface area (Å²) in [5.41, 5.74) is -0.0903. The number of carbonyl (C=O) groups excluding carboxylic acids is 1. The minimum atomic E-state index is -4.43. The molecule has 0 radical (unpaired) electrons. The molecule has 3 heterocycles. The molecule has 0 saturated carbocycles. The first-order chi connectivity index (χ1) is 18.0. The van der Waals surface area contributed by atoms with Crippen molar-refractivity contribution in [2.24, 2.45) is 7.05 Å². The van der Waals surface area contributed by atoms with Crippen molar-refractivity contribution in [2.75, 3.05) is 11.9 Å². The van der Waals surface area contributed by atoms with Gasteiger partial charge in [0.25, 0.3) is 17.0 Å². The number of nitrogens with one attached hydrogen (secondary N) is 1. The zero-order chi connectivity index (χ0) is 27.6. The Balaban J connectivity index is 1.64. The van der Waals surface area contributed by atoms with Crippen LogP contribution in [0.3, 0.4) is 0 Å². The Morgan fingerprint density at radius 1 is 1.16 bits per heavy atom. The maximum absolute atomic E-state index is 13.5. The van der Waals surface area contributed by atoms with Gasteiger partial charge in [-0.05, 0) is 43.7 Å². The van der Waals surface area contributed by atoms with Crippen molar-refractivity contribution >= 4 is 11.9 Å². The normalized spacial score (nSPS) is 13.8. The molecular weight excluding hydrogens is 499 g/mol. The van der Waals surface area contributed by atoms with E-state index in [4.69, 9.17) is 0 Å². The number of amides is 1. The van der Waals surface area contributed by atoms with Crippen molar-refractivity contribution in [2.45, 2.75) is 45.6 Å². The number of aryl methyl sites for hydroxylation is 1. The van der Waals surface area contributed by atoms with Crippen LogP contribution in [-0.4, -0.2) is 31.5 Å². The number of rotatable bonds is 5. The molecule has 1 atom stereocenters. The van der Waals surface area contributed by atoms with Crippen LogP contribution < -0.4 is 16.4 Å². The van der Waals surface area contributed by atoms with Gasteiger partial charge in [-0.3, -0.25) is 19.0 Å². The van der Waals surface area contributed by atoms with Crippen molar-refractivity contribution in [1.29, 1.82) is 0 Å². The van der Waals surface area contributed by atoms with E-state index in [0.717, 1.165) is 12.1 Å². The Hall–Kier alpha value is -4.33. The van der Waals surface area contributed by atoms with Crippen LogP contribution in [0.4, 0.5) is 19.1 Å². The van der Waals surface area contributed by atoms with Gasteiger partial charge in [-0.1, -0.05) is 18.1 Å². The van der Waals surface area contributed by atoms with Crippen molar-refractivity contribution < 1.29 is 18.0 Å². The zero-order valence-corrected chi connectivity index (χ0v) is 21.1. The molecule has 8 nitrogen and oxygen atoms in total. The molecule has 1 N–H and O–H groups in total. The van der Waals surface area contributed by atoms with Gasteiger partial charge in [-0.2, -0.15) is 13.2 Å². The van der Waals surface area contributed by atoms with Crippen molar-refractivity contribution in [3.63, 3.8) is 0 Å². The lowest BCUT2D eigenvalue weighted by Crippen LogP contribution is -2.43. The number of hydrogen-bond acceptors (Lipinski definition) is 5. The van der Waals surface area contributed by atoms with E-state index in [0.29, 0.717) is 23.2 Å². The van der Waals surface area contributed by atoms with Crippen LogP contribution in [0.5, 0.6) is 0 Å². The molecule has 38 heavy (non-hydrogen) atoms. The maximum atomic E-state index is 13.5. The number of hydrogen-bond donors (Lipinski definition) is 1. The molecule has 0 fully saturated rings. The van der Waals surface area contributed by atoms with Gasteiger partial charge in [-0.15, -0.1) is 5.92 Å². The Bertz CT molecular complexity index is 1550. The second-order valence-corrected chi connectivity index (χ2v) is 8.98. The fourth-order valence-electron chi connectivity index (χ4n) is 4.27. The average Bonchev–Trinajstić information content (AvgIpc) is 2.89. The second-order valence-electron chi connectivity index (χ2n) is 8.98. The highest BCUT2D eigenvalue weighted by atomic mass is 19.4. The van der Waals surface area contributed by atoms with Crippen molar-refractivity contribution in [3.05, 3.63) is 91.3 Å². The molecule has 11 heteroatoms. The molecule has 2 aromatic heterocycles. The number of fused-ring (bicyclic) bond motifs is 1. The fourth-order valence-corrected chi connectivity index (χ4v) is 4.27. The summed E-state index contributed by atoms with van der Waals surface area (Å²) in [6.45, 7) is 3.68. The van der Waals surface area contributed by atoms with E-state index >= 15 is 0 Å². The lowest BCUT2D eigenvalue weighted by Gasteiger charge is -2.29. The van der Waals surface area contributed by atoms with Crippen LogP contribution in [0, 0.1) is 11.8 Å². The van der Waals surface area contributed by atoms with Gasteiger partial charge < -0.3 is 14.8 Å². The molecular formula is C27H26F3N5O3. The maximum Gasteiger partial charge on any atom is 0.416 e. The van der Waals surface area contributed by atoms with Gasteiger partial charge in [0, 0.05) is 26.2 Å². The van der Waals surface area contributed by atoms with E-state index in [9.17, 15) is 27.6 Å². The quantitative estimate of drug-likeness (QED) is 0.516. The van der Waals surface area contributed by atoms with Crippen LogP contribution in [0.25, 0.3) is 0 Å². The Morgan fingerprint density at radius 3 is 2.53 bits per heavy atom. The van der Waals surface area contributed by atoms with Gasteiger partial charge >= 0.3 is 6.18 Å². The number of alkyl halides is 3. The number of aromatic nitrogens is 3. The number of halogens is 3. The lowest BCUT2D eigenvalue weighted by molar-refractivity contribution is -0.137. The Morgan fingerprint density at radius 2 is 1.87 bits per heavy atom. The topological polar surface area (TPSA) is 89.2 Å². The molecule has 1 unspecified atom stereocenters. The van der Waals surface area contributed by atoms with Crippen molar-refractivity contribution in [3.8, 4) is 11.8 Å². The highest BCUT2D eigenvalue weighted by Gasteiger charge is 2.31.